The zero-order valence-corrected chi connectivity index (χ0v) is 25.0. The molecule has 4 atom stereocenters. The Kier molecular flexibility index (Phi) is 8.96. The van der Waals surface area contributed by atoms with Crippen LogP contribution in [-0.2, 0) is 9.16 Å². The van der Waals surface area contributed by atoms with Gasteiger partial charge in [-0.1, -0.05) is 95.3 Å². The molecule has 0 bridgehead atoms. The number of hydrogen-bond donors (Lipinski definition) is 2. The lowest BCUT2D eigenvalue weighted by Crippen LogP contribution is -2.67. The van der Waals surface area contributed by atoms with Crippen LogP contribution in [0.2, 0.25) is 5.04 Å². The van der Waals surface area contributed by atoms with Crippen molar-refractivity contribution in [2.24, 2.45) is 5.92 Å². The van der Waals surface area contributed by atoms with E-state index in [2.05, 4.69) is 50.0 Å². The second kappa shape index (κ2) is 11.9. The number of benzene rings is 2. The summed E-state index contributed by atoms with van der Waals surface area (Å²) in [5.41, 5.74) is -1.06. The van der Waals surface area contributed by atoms with Gasteiger partial charge in [-0.2, -0.15) is 5.06 Å². The third kappa shape index (κ3) is 5.77. The number of aromatic amines is 1. The van der Waals surface area contributed by atoms with Crippen molar-refractivity contribution < 1.29 is 18.8 Å². The van der Waals surface area contributed by atoms with Gasteiger partial charge in [-0.3, -0.25) is 14.3 Å². The largest absolute Gasteiger partial charge is 0.405 e. The Morgan fingerprint density at radius 2 is 1.62 bits per heavy atom. The van der Waals surface area contributed by atoms with Crippen molar-refractivity contribution in [3.05, 3.63) is 93.3 Å². The maximum atomic E-state index is 16.2. The van der Waals surface area contributed by atoms with Crippen LogP contribution in [0.3, 0.4) is 0 Å². The van der Waals surface area contributed by atoms with E-state index in [1.165, 1.54) is 13.1 Å². The summed E-state index contributed by atoms with van der Waals surface area (Å²) in [6, 6.07) is 19.0. The van der Waals surface area contributed by atoms with Crippen molar-refractivity contribution in [1.29, 1.82) is 0 Å². The zero-order chi connectivity index (χ0) is 29.2. The fourth-order valence-electron chi connectivity index (χ4n) is 5.66. The molecule has 10 heteroatoms. The Hall–Kier alpha value is -2.89. The van der Waals surface area contributed by atoms with Crippen molar-refractivity contribution >= 4 is 18.7 Å². The van der Waals surface area contributed by atoms with E-state index in [9.17, 15) is 14.8 Å². The highest BCUT2D eigenvalue weighted by molar-refractivity contribution is 6.99. The molecule has 40 heavy (non-hydrogen) atoms. The van der Waals surface area contributed by atoms with Crippen molar-refractivity contribution in [2.75, 3.05) is 13.2 Å². The summed E-state index contributed by atoms with van der Waals surface area (Å²) in [5, 5.41) is 13.8. The molecular weight excluding hydrogens is 529 g/mol. The molecule has 216 valence electrons. The average molecular weight is 570 g/mol. The van der Waals surface area contributed by atoms with E-state index in [4.69, 9.17) is 9.16 Å². The molecule has 1 fully saturated rings. The first-order chi connectivity index (χ1) is 18.9. The van der Waals surface area contributed by atoms with Crippen LogP contribution >= 0.6 is 0 Å². The summed E-state index contributed by atoms with van der Waals surface area (Å²) in [6.07, 6.45) is -2.71. The minimum Gasteiger partial charge on any atom is -0.405 e. The number of hydroxylamine groups is 2. The monoisotopic (exact) mass is 569 g/mol. The van der Waals surface area contributed by atoms with E-state index < -0.39 is 44.1 Å². The molecule has 1 saturated heterocycles. The number of aryl methyl sites for hydroxylation is 1. The maximum Gasteiger partial charge on any atom is 0.330 e. The quantitative estimate of drug-likeness (QED) is 0.303. The zero-order valence-electron chi connectivity index (χ0n) is 24.0. The molecule has 0 amide bonds. The molecule has 0 spiro atoms. The molecule has 0 saturated carbocycles. The first-order valence-corrected chi connectivity index (χ1v) is 15.6. The van der Waals surface area contributed by atoms with Crippen LogP contribution in [0.15, 0.2) is 76.4 Å². The molecule has 2 aromatic carbocycles. The minimum absolute atomic E-state index is 0.0128. The highest BCUT2D eigenvalue weighted by Crippen LogP contribution is 2.39. The Bertz CT molecular complexity index is 1350. The lowest BCUT2D eigenvalue weighted by molar-refractivity contribution is -0.160. The maximum absolute atomic E-state index is 16.2. The van der Waals surface area contributed by atoms with E-state index in [1.54, 1.807) is 0 Å². The molecule has 0 radical (unpaired) electrons. The van der Waals surface area contributed by atoms with Crippen LogP contribution in [0.25, 0.3) is 0 Å². The Morgan fingerprint density at radius 1 is 1.07 bits per heavy atom. The number of halogens is 1. The third-order valence-electron chi connectivity index (χ3n) is 7.49. The summed E-state index contributed by atoms with van der Waals surface area (Å²) < 4.78 is 30.4. The van der Waals surface area contributed by atoms with Crippen molar-refractivity contribution in [3.63, 3.8) is 0 Å². The predicted molar refractivity (Wildman–Crippen MR) is 156 cm³/mol. The van der Waals surface area contributed by atoms with Gasteiger partial charge in [0.2, 0.25) is 0 Å². The van der Waals surface area contributed by atoms with Crippen LogP contribution in [0.4, 0.5) is 4.39 Å². The van der Waals surface area contributed by atoms with Crippen LogP contribution < -0.4 is 21.6 Å². The number of aromatic nitrogens is 2. The normalized spacial score (nSPS) is 21.9. The van der Waals surface area contributed by atoms with Gasteiger partial charge in [0.15, 0.2) is 12.4 Å². The van der Waals surface area contributed by atoms with Gasteiger partial charge in [-0.25, -0.2) is 9.18 Å². The van der Waals surface area contributed by atoms with E-state index >= 15 is 4.39 Å². The molecule has 1 aliphatic heterocycles. The lowest BCUT2D eigenvalue weighted by Gasteiger charge is -2.44. The molecule has 3 aromatic rings. The van der Waals surface area contributed by atoms with E-state index in [1.807, 2.05) is 50.2 Å². The van der Waals surface area contributed by atoms with Gasteiger partial charge in [0.1, 0.15) is 6.10 Å². The minimum atomic E-state index is -2.98. The molecule has 8 nitrogen and oxygen atoms in total. The van der Waals surface area contributed by atoms with Gasteiger partial charge in [0.25, 0.3) is 13.9 Å². The highest BCUT2D eigenvalue weighted by atomic mass is 28.4. The Balaban J connectivity index is 1.77. The second-order valence-corrected chi connectivity index (χ2v) is 16.3. The number of nitrogens with zero attached hydrogens (tertiary/aromatic N) is 2. The Morgan fingerprint density at radius 3 is 2.12 bits per heavy atom. The van der Waals surface area contributed by atoms with Gasteiger partial charge in [-0.15, -0.1) is 0 Å². The topological polar surface area (TPSA) is 96.8 Å². The lowest BCUT2D eigenvalue weighted by atomic mass is 10.1. The van der Waals surface area contributed by atoms with Crippen LogP contribution in [0.1, 0.15) is 46.4 Å². The first-order valence-electron chi connectivity index (χ1n) is 13.7. The Labute approximate surface area is 235 Å². The van der Waals surface area contributed by atoms with Gasteiger partial charge in [0.05, 0.1) is 12.6 Å². The molecule has 2 N–H and O–H groups in total. The molecule has 4 rings (SSSR count). The number of hydrogen-bond acceptors (Lipinski definition) is 6. The number of alkyl halides is 1. The van der Waals surface area contributed by atoms with E-state index in [-0.39, 0.29) is 29.7 Å². The number of nitrogens with one attached hydrogen (secondary N) is 1. The first kappa shape index (κ1) is 30.1. The molecule has 0 aliphatic carbocycles. The predicted octanol–water partition coefficient (Wildman–Crippen LogP) is 3.37. The fraction of sp³-hybridized carbons (Fsp3) is 0.467. The fourth-order valence-corrected chi connectivity index (χ4v) is 10.2. The van der Waals surface area contributed by atoms with Crippen molar-refractivity contribution in [2.45, 2.75) is 71.1 Å². The summed E-state index contributed by atoms with van der Waals surface area (Å²) in [6.45, 7) is 12.0. The van der Waals surface area contributed by atoms with Gasteiger partial charge < -0.3 is 14.4 Å². The highest BCUT2D eigenvalue weighted by Gasteiger charge is 2.54. The third-order valence-corrected chi connectivity index (χ3v) is 12.5. The van der Waals surface area contributed by atoms with Crippen LogP contribution in [-0.4, -0.2) is 59.6 Å². The van der Waals surface area contributed by atoms with Crippen LogP contribution in [0.5, 0.6) is 0 Å². The smallest absolute Gasteiger partial charge is 0.330 e. The summed E-state index contributed by atoms with van der Waals surface area (Å²) in [5.74, 6) is 0.0487. The number of ether oxygens (including phenoxy) is 1. The molecular formula is C30H40FN3O5Si. The molecule has 1 aliphatic rings. The van der Waals surface area contributed by atoms with E-state index in [0.717, 1.165) is 20.0 Å². The average Bonchev–Trinajstić information content (AvgIpc) is 3.22. The number of rotatable bonds is 9. The number of H-pyrrole nitrogens is 1. The molecule has 0 unspecified atom stereocenters. The van der Waals surface area contributed by atoms with Gasteiger partial charge in [0, 0.05) is 18.3 Å². The van der Waals surface area contributed by atoms with Gasteiger partial charge >= 0.3 is 5.69 Å². The summed E-state index contributed by atoms with van der Waals surface area (Å²) >= 11 is 0. The van der Waals surface area contributed by atoms with Crippen molar-refractivity contribution in [1.82, 2.24) is 14.6 Å². The standard InChI is InChI=1S/C30H40FN3O5Si/c1-20(2)17-34(37)26-24(39-28(25(26)31)33-18-21(3)27(35)32-29(33)36)19-38-40(30(4,5)6,22-13-9-7-10-14-22)23-15-11-8-12-16-23/h7-16,18,20,24-26,28,37H,17,19H2,1-6H3,(H,32,35,36)/t24-,25+,26-,28+/m1/s1. The summed E-state index contributed by atoms with van der Waals surface area (Å²) in [7, 11) is -2.98. The molecule has 1 aromatic heterocycles. The van der Waals surface area contributed by atoms with Gasteiger partial charge in [-0.05, 0) is 28.3 Å². The van der Waals surface area contributed by atoms with Crippen LogP contribution in [0, 0.1) is 12.8 Å². The summed E-state index contributed by atoms with van der Waals surface area (Å²) in [4.78, 5) is 26.8. The van der Waals surface area contributed by atoms with E-state index in [0.29, 0.717) is 0 Å². The van der Waals surface area contributed by atoms with Crippen molar-refractivity contribution in [3.8, 4) is 0 Å². The second-order valence-electron chi connectivity index (χ2n) is 12.0. The SMILES string of the molecule is Cc1cn([C@H]2O[C@H](CO[Si](c3ccccc3)(c3ccccc3)C(C)(C)C)[C@@H](N(O)CC(C)C)[C@@H]2F)c(=O)[nH]c1=O. The molecule has 2 heterocycles.